The highest BCUT2D eigenvalue weighted by molar-refractivity contribution is 5.76. The molecule has 0 spiro atoms. The van der Waals surface area contributed by atoms with E-state index in [1.165, 1.54) is 6.42 Å². The van der Waals surface area contributed by atoms with Gasteiger partial charge in [-0.05, 0) is 31.4 Å². The largest absolute Gasteiger partial charge is 0.374 e. The van der Waals surface area contributed by atoms with Crippen LogP contribution in [0.15, 0.2) is 18.3 Å². The van der Waals surface area contributed by atoms with Crippen LogP contribution in [-0.2, 0) is 9.53 Å². The molecule has 3 heterocycles. The lowest BCUT2D eigenvalue weighted by Crippen LogP contribution is -2.46. The predicted octanol–water partition coefficient (Wildman–Crippen LogP) is 0.992. The summed E-state index contributed by atoms with van der Waals surface area (Å²) in [4.78, 5) is 16.6. The Balaban J connectivity index is 1.38. The molecule has 2 aliphatic rings. The van der Waals surface area contributed by atoms with Crippen molar-refractivity contribution in [3.63, 3.8) is 0 Å². The number of carbonyl (C=O) groups is 1. The van der Waals surface area contributed by atoms with Crippen LogP contribution in [0, 0.1) is 0 Å². The van der Waals surface area contributed by atoms with Crippen molar-refractivity contribution in [2.45, 2.75) is 31.8 Å². The Hall–Kier alpha value is -1.73. The Bertz CT molecular complexity index is 507. The maximum atomic E-state index is 12.3. The summed E-state index contributed by atoms with van der Waals surface area (Å²) in [6.07, 6.45) is 5.95. The van der Waals surface area contributed by atoms with Crippen LogP contribution in [0.2, 0.25) is 0 Å². The molecule has 3 rings (SSSR count). The van der Waals surface area contributed by atoms with Crippen LogP contribution < -0.4 is 5.32 Å². The number of ether oxygens (including phenoxy) is 1. The van der Waals surface area contributed by atoms with Crippen molar-refractivity contribution in [2.24, 2.45) is 0 Å². The summed E-state index contributed by atoms with van der Waals surface area (Å²) >= 11 is 0. The minimum absolute atomic E-state index is 0.117. The summed E-state index contributed by atoms with van der Waals surface area (Å²) in [5, 5.41) is 11.1. The number of carbonyl (C=O) groups excluding carboxylic acids is 1. The smallest absolute Gasteiger partial charge is 0.223 e. The van der Waals surface area contributed by atoms with Crippen LogP contribution >= 0.6 is 0 Å². The van der Waals surface area contributed by atoms with Crippen molar-refractivity contribution < 1.29 is 9.53 Å². The Morgan fingerprint density at radius 1 is 1.29 bits per heavy atom. The fourth-order valence-electron chi connectivity index (χ4n) is 3.28. The van der Waals surface area contributed by atoms with Gasteiger partial charge < -0.3 is 15.0 Å². The lowest BCUT2D eigenvalue weighted by Gasteiger charge is -2.33. The zero-order valence-corrected chi connectivity index (χ0v) is 14.2. The SMILES string of the molecule is O=C(CCN1CCO[C@H](CNc2cccnn2)C1)N1CCCCC1. The summed E-state index contributed by atoms with van der Waals surface area (Å²) < 4.78 is 5.81. The van der Waals surface area contributed by atoms with E-state index in [9.17, 15) is 4.79 Å². The molecular weight excluding hydrogens is 306 g/mol. The number of morpholine rings is 1. The van der Waals surface area contributed by atoms with Crippen molar-refractivity contribution >= 4 is 11.7 Å². The summed E-state index contributed by atoms with van der Waals surface area (Å²) in [6.45, 7) is 5.86. The van der Waals surface area contributed by atoms with Gasteiger partial charge in [-0.25, -0.2) is 0 Å². The Morgan fingerprint density at radius 3 is 2.96 bits per heavy atom. The van der Waals surface area contributed by atoms with Gasteiger partial charge in [0.1, 0.15) is 5.82 Å². The second-order valence-corrected chi connectivity index (χ2v) is 6.47. The number of anilines is 1. The minimum atomic E-state index is 0.117. The second kappa shape index (κ2) is 8.94. The molecule has 1 N–H and O–H groups in total. The maximum absolute atomic E-state index is 12.3. The minimum Gasteiger partial charge on any atom is -0.374 e. The van der Waals surface area contributed by atoms with Crippen LogP contribution in [0.4, 0.5) is 5.82 Å². The third kappa shape index (κ3) is 5.14. The first kappa shape index (κ1) is 17.1. The van der Waals surface area contributed by atoms with Gasteiger partial charge >= 0.3 is 0 Å². The highest BCUT2D eigenvalue weighted by Gasteiger charge is 2.22. The number of piperidine rings is 1. The van der Waals surface area contributed by atoms with Crippen molar-refractivity contribution in [3.05, 3.63) is 18.3 Å². The first-order chi connectivity index (χ1) is 11.8. The van der Waals surface area contributed by atoms with Gasteiger partial charge in [0.15, 0.2) is 0 Å². The quantitative estimate of drug-likeness (QED) is 0.837. The van der Waals surface area contributed by atoms with Gasteiger partial charge in [-0.1, -0.05) is 0 Å². The molecule has 1 atom stereocenters. The number of hydrogen-bond donors (Lipinski definition) is 1. The van der Waals surface area contributed by atoms with Gasteiger partial charge in [-0.3, -0.25) is 9.69 Å². The molecule has 0 unspecified atom stereocenters. The van der Waals surface area contributed by atoms with Crippen molar-refractivity contribution in [1.29, 1.82) is 0 Å². The molecular formula is C17H27N5O2. The van der Waals surface area contributed by atoms with E-state index in [0.29, 0.717) is 25.5 Å². The van der Waals surface area contributed by atoms with E-state index < -0.39 is 0 Å². The van der Waals surface area contributed by atoms with E-state index >= 15 is 0 Å². The Morgan fingerprint density at radius 2 is 2.17 bits per heavy atom. The van der Waals surface area contributed by atoms with Crippen LogP contribution in [0.25, 0.3) is 0 Å². The average molecular weight is 333 g/mol. The van der Waals surface area contributed by atoms with Crippen LogP contribution in [0.3, 0.4) is 0 Å². The molecule has 0 aromatic carbocycles. The van der Waals surface area contributed by atoms with Gasteiger partial charge in [-0.15, -0.1) is 5.10 Å². The third-order valence-corrected chi connectivity index (χ3v) is 4.66. The van der Waals surface area contributed by atoms with E-state index in [2.05, 4.69) is 20.4 Å². The fourth-order valence-corrected chi connectivity index (χ4v) is 3.28. The molecule has 1 aromatic rings. The second-order valence-electron chi connectivity index (χ2n) is 6.47. The molecule has 0 saturated carbocycles. The summed E-state index contributed by atoms with van der Waals surface area (Å²) in [7, 11) is 0. The molecule has 2 aliphatic heterocycles. The molecule has 1 aromatic heterocycles. The van der Waals surface area contributed by atoms with E-state index in [1.54, 1.807) is 6.20 Å². The highest BCUT2D eigenvalue weighted by atomic mass is 16.5. The van der Waals surface area contributed by atoms with Gasteiger partial charge in [0, 0.05) is 51.9 Å². The fraction of sp³-hybridized carbons (Fsp3) is 0.706. The van der Waals surface area contributed by atoms with Gasteiger partial charge in [-0.2, -0.15) is 5.10 Å². The molecule has 2 saturated heterocycles. The standard InChI is InChI=1S/C17H27N5O2/c23-17(22-8-2-1-3-9-22)6-10-21-11-12-24-15(14-21)13-18-16-5-4-7-19-20-16/h4-5,7,15H,1-3,6,8-14H2,(H,18,20)/t15-/m1/s1. The van der Waals surface area contributed by atoms with Crippen LogP contribution in [0.1, 0.15) is 25.7 Å². The third-order valence-electron chi connectivity index (χ3n) is 4.66. The van der Waals surface area contributed by atoms with E-state index in [4.69, 9.17) is 4.74 Å². The number of aromatic nitrogens is 2. The van der Waals surface area contributed by atoms with Gasteiger partial charge in [0.25, 0.3) is 0 Å². The first-order valence-corrected chi connectivity index (χ1v) is 8.94. The predicted molar refractivity (Wildman–Crippen MR) is 91.7 cm³/mol. The van der Waals surface area contributed by atoms with Crippen LogP contribution in [0.5, 0.6) is 0 Å². The number of likely N-dealkylation sites (tertiary alicyclic amines) is 1. The van der Waals surface area contributed by atoms with Crippen molar-refractivity contribution in [2.75, 3.05) is 51.2 Å². The van der Waals surface area contributed by atoms with Gasteiger partial charge in [0.05, 0.1) is 12.7 Å². The maximum Gasteiger partial charge on any atom is 0.223 e. The zero-order chi connectivity index (χ0) is 16.6. The van der Waals surface area contributed by atoms with Crippen molar-refractivity contribution in [3.8, 4) is 0 Å². The number of nitrogens with one attached hydrogen (secondary N) is 1. The summed E-state index contributed by atoms with van der Waals surface area (Å²) in [5.41, 5.74) is 0. The summed E-state index contributed by atoms with van der Waals surface area (Å²) in [6, 6.07) is 3.75. The lowest BCUT2D eigenvalue weighted by atomic mass is 10.1. The normalized spacial score (nSPS) is 22.3. The first-order valence-electron chi connectivity index (χ1n) is 8.94. The molecule has 7 heteroatoms. The summed E-state index contributed by atoms with van der Waals surface area (Å²) in [5.74, 6) is 1.06. The molecule has 0 aliphatic carbocycles. The Labute approximate surface area is 143 Å². The van der Waals surface area contributed by atoms with E-state index in [-0.39, 0.29) is 6.10 Å². The molecule has 0 bridgehead atoms. The number of amides is 1. The number of hydrogen-bond acceptors (Lipinski definition) is 6. The highest BCUT2D eigenvalue weighted by Crippen LogP contribution is 2.12. The average Bonchev–Trinajstić information content (AvgIpc) is 2.66. The topological polar surface area (TPSA) is 70.6 Å². The molecule has 0 radical (unpaired) electrons. The van der Waals surface area contributed by atoms with E-state index in [0.717, 1.165) is 51.4 Å². The molecule has 24 heavy (non-hydrogen) atoms. The van der Waals surface area contributed by atoms with Crippen LogP contribution in [-0.4, -0.2) is 77.9 Å². The van der Waals surface area contributed by atoms with E-state index in [1.807, 2.05) is 17.0 Å². The zero-order valence-electron chi connectivity index (χ0n) is 14.2. The Kier molecular flexibility index (Phi) is 6.37. The van der Waals surface area contributed by atoms with Gasteiger partial charge in [0.2, 0.25) is 5.91 Å². The number of nitrogens with zero attached hydrogens (tertiary/aromatic N) is 4. The molecule has 7 nitrogen and oxygen atoms in total. The molecule has 2 fully saturated rings. The molecule has 132 valence electrons. The lowest BCUT2D eigenvalue weighted by molar-refractivity contribution is -0.132. The number of rotatable bonds is 6. The monoisotopic (exact) mass is 333 g/mol. The molecule has 1 amide bonds. The van der Waals surface area contributed by atoms with Crippen molar-refractivity contribution in [1.82, 2.24) is 20.0 Å².